The predicted octanol–water partition coefficient (Wildman–Crippen LogP) is 3.47. The van der Waals surface area contributed by atoms with Gasteiger partial charge in [-0.3, -0.25) is 4.79 Å². The summed E-state index contributed by atoms with van der Waals surface area (Å²) >= 11 is 0. The van der Waals surface area contributed by atoms with Gasteiger partial charge < -0.3 is 14.8 Å². The molecule has 120 valence electrons. The summed E-state index contributed by atoms with van der Waals surface area (Å²) in [5.41, 5.74) is 0.667. The lowest BCUT2D eigenvalue weighted by Gasteiger charge is -2.08. The van der Waals surface area contributed by atoms with Crippen molar-refractivity contribution >= 4 is 17.6 Å². The van der Waals surface area contributed by atoms with E-state index in [1.54, 1.807) is 18.2 Å². The smallest absolute Gasteiger partial charge is 0.387 e. The van der Waals surface area contributed by atoms with E-state index in [4.69, 9.17) is 4.74 Å². The summed E-state index contributed by atoms with van der Waals surface area (Å²) in [6.45, 7) is -1.56. The summed E-state index contributed by atoms with van der Waals surface area (Å²) in [4.78, 5) is 23.0. The third kappa shape index (κ3) is 5.06. The van der Waals surface area contributed by atoms with Crippen LogP contribution in [0, 0.1) is 0 Å². The molecule has 0 atom stereocenters. The van der Waals surface area contributed by atoms with Crippen molar-refractivity contribution in [1.29, 1.82) is 0 Å². The number of rotatable bonds is 5. The van der Waals surface area contributed by atoms with Crippen molar-refractivity contribution in [3.05, 3.63) is 54.1 Å². The normalized spacial score (nSPS) is 10.3. The van der Waals surface area contributed by atoms with Crippen molar-refractivity contribution in [3.8, 4) is 11.5 Å². The first-order valence-corrected chi connectivity index (χ1v) is 6.59. The van der Waals surface area contributed by atoms with E-state index >= 15 is 0 Å². The molecule has 0 aliphatic carbocycles. The van der Waals surface area contributed by atoms with Crippen molar-refractivity contribution in [3.63, 3.8) is 0 Å². The molecule has 5 nitrogen and oxygen atoms in total. The molecule has 0 radical (unpaired) electrons. The van der Waals surface area contributed by atoms with Gasteiger partial charge in [0, 0.05) is 18.7 Å². The molecule has 0 saturated carbocycles. The maximum Gasteiger partial charge on any atom is 0.387 e. The van der Waals surface area contributed by atoms with Gasteiger partial charge in [0.2, 0.25) is 5.91 Å². The molecule has 0 spiro atoms. The maximum absolute atomic E-state index is 12.1. The zero-order valence-corrected chi connectivity index (χ0v) is 12.1. The number of alkyl halides is 2. The lowest BCUT2D eigenvalue weighted by molar-refractivity contribution is -0.114. The first kappa shape index (κ1) is 16.4. The summed E-state index contributed by atoms with van der Waals surface area (Å²) in [6, 6.07) is 11.4. The second-order valence-electron chi connectivity index (χ2n) is 4.50. The lowest BCUT2D eigenvalue weighted by atomic mass is 10.2. The minimum Gasteiger partial charge on any atom is -0.435 e. The van der Waals surface area contributed by atoms with Crippen LogP contribution in [0.15, 0.2) is 48.5 Å². The fraction of sp³-hybridized carbons (Fsp3) is 0.125. The molecule has 0 aliphatic heterocycles. The Hall–Kier alpha value is -2.96. The number of carbonyl (C=O) groups excluding carboxylic acids is 2. The van der Waals surface area contributed by atoms with Crippen LogP contribution in [0.2, 0.25) is 0 Å². The highest BCUT2D eigenvalue weighted by atomic mass is 19.3. The molecule has 0 saturated heterocycles. The Balaban J connectivity index is 2.05. The van der Waals surface area contributed by atoms with E-state index in [1.165, 1.54) is 37.3 Å². The average Bonchev–Trinajstić information content (AvgIpc) is 2.47. The van der Waals surface area contributed by atoms with Gasteiger partial charge in [-0.1, -0.05) is 6.07 Å². The minimum atomic E-state index is -2.93. The third-order valence-corrected chi connectivity index (χ3v) is 2.68. The number of hydrogen-bond donors (Lipinski definition) is 1. The molecule has 2 aromatic carbocycles. The fourth-order valence-electron chi connectivity index (χ4n) is 1.78. The number of amides is 1. The highest BCUT2D eigenvalue weighted by Gasteiger charge is 2.10. The quantitative estimate of drug-likeness (QED) is 0.676. The number of carbonyl (C=O) groups is 2. The number of esters is 1. The van der Waals surface area contributed by atoms with E-state index in [0.29, 0.717) is 5.69 Å². The molecule has 2 aromatic rings. The van der Waals surface area contributed by atoms with Gasteiger partial charge in [0.1, 0.15) is 11.5 Å². The number of halogens is 2. The fourth-order valence-corrected chi connectivity index (χ4v) is 1.78. The van der Waals surface area contributed by atoms with E-state index in [0.717, 1.165) is 0 Å². The molecular formula is C16H13F2NO4. The van der Waals surface area contributed by atoms with Gasteiger partial charge in [-0.2, -0.15) is 8.78 Å². The van der Waals surface area contributed by atoms with Gasteiger partial charge in [0.15, 0.2) is 0 Å². The highest BCUT2D eigenvalue weighted by molar-refractivity contribution is 5.92. The minimum absolute atomic E-state index is 0.0517. The van der Waals surface area contributed by atoms with Gasteiger partial charge in [-0.05, 0) is 36.4 Å². The van der Waals surface area contributed by atoms with E-state index in [1.807, 2.05) is 0 Å². The Morgan fingerprint density at radius 1 is 1.04 bits per heavy atom. The van der Waals surface area contributed by atoms with Crippen molar-refractivity contribution in [2.75, 3.05) is 5.32 Å². The van der Waals surface area contributed by atoms with E-state index in [2.05, 4.69) is 10.1 Å². The molecule has 2 rings (SSSR count). The topological polar surface area (TPSA) is 64.6 Å². The van der Waals surface area contributed by atoms with Gasteiger partial charge in [0.25, 0.3) is 0 Å². The van der Waals surface area contributed by atoms with E-state index in [-0.39, 0.29) is 23.0 Å². The van der Waals surface area contributed by atoms with Crippen LogP contribution >= 0.6 is 0 Å². The summed E-state index contributed by atoms with van der Waals surface area (Å²) in [6.07, 6.45) is 0. The molecule has 0 heterocycles. The second-order valence-corrected chi connectivity index (χ2v) is 4.50. The summed E-state index contributed by atoms with van der Waals surface area (Å²) in [5.74, 6) is -0.713. The number of hydrogen-bond acceptors (Lipinski definition) is 4. The second kappa shape index (κ2) is 7.35. The molecular weight excluding hydrogens is 308 g/mol. The average molecular weight is 321 g/mol. The molecule has 0 aliphatic rings. The Labute approximate surface area is 130 Å². The van der Waals surface area contributed by atoms with Gasteiger partial charge in [-0.25, -0.2) is 4.79 Å². The monoisotopic (exact) mass is 321 g/mol. The first-order valence-electron chi connectivity index (χ1n) is 6.59. The maximum atomic E-state index is 12.1. The van der Waals surface area contributed by atoms with E-state index < -0.39 is 12.6 Å². The summed E-state index contributed by atoms with van der Waals surface area (Å²) < 4.78 is 33.5. The molecule has 0 aromatic heterocycles. The first-order chi connectivity index (χ1) is 10.9. The van der Waals surface area contributed by atoms with Crippen LogP contribution in [-0.4, -0.2) is 18.5 Å². The molecule has 1 amide bonds. The summed E-state index contributed by atoms with van der Waals surface area (Å²) in [5, 5.41) is 2.57. The number of anilines is 1. The van der Waals surface area contributed by atoms with Gasteiger partial charge in [0.05, 0.1) is 5.56 Å². The zero-order chi connectivity index (χ0) is 16.8. The molecule has 7 heteroatoms. The standard InChI is InChI=1S/C16H13F2NO4/c1-10(20)19-12-3-2-4-14(9-12)22-15(21)11-5-7-13(8-6-11)23-16(17)18/h2-9,16H,1H3,(H,19,20). The van der Waals surface area contributed by atoms with Crippen molar-refractivity contribution < 1.29 is 27.8 Å². The Kier molecular flexibility index (Phi) is 5.24. The van der Waals surface area contributed by atoms with Crippen molar-refractivity contribution in [2.45, 2.75) is 13.5 Å². The number of benzene rings is 2. The Morgan fingerprint density at radius 2 is 1.74 bits per heavy atom. The van der Waals surface area contributed by atoms with Crippen LogP contribution in [0.1, 0.15) is 17.3 Å². The summed E-state index contributed by atoms with van der Waals surface area (Å²) in [7, 11) is 0. The number of ether oxygens (including phenoxy) is 2. The van der Waals surface area contributed by atoms with Crippen LogP contribution in [-0.2, 0) is 4.79 Å². The van der Waals surface area contributed by atoms with Crippen molar-refractivity contribution in [1.82, 2.24) is 0 Å². The SMILES string of the molecule is CC(=O)Nc1cccc(OC(=O)c2ccc(OC(F)F)cc2)c1. The van der Waals surface area contributed by atoms with Crippen LogP contribution in [0.5, 0.6) is 11.5 Å². The van der Waals surface area contributed by atoms with Crippen LogP contribution in [0.25, 0.3) is 0 Å². The van der Waals surface area contributed by atoms with E-state index in [9.17, 15) is 18.4 Å². The number of nitrogens with one attached hydrogen (secondary N) is 1. The van der Waals surface area contributed by atoms with Crippen molar-refractivity contribution in [2.24, 2.45) is 0 Å². The van der Waals surface area contributed by atoms with Gasteiger partial charge >= 0.3 is 12.6 Å². The Bertz CT molecular complexity index is 701. The predicted molar refractivity (Wildman–Crippen MR) is 78.8 cm³/mol. The van der Waals surface area contributed by atoms with Crippen LogP contribution < -0.4 is 14.8 Å². The molecule has 0 bridgehead atoms. The molecule has 23 heavy (non-hydrogen) atoms. The van der Waals surface area contributed by atoms with Gasteiger partial charge in [-0.15, -0.1) is 0 Å². The largest absolute Gasteiger partial charge is 0.435 e. The third-order valence-electron chi connectivity index (χ3n) is 2.68. The zero-order valence-electron chi connectivity index (χ0n) is 12.1. The Morgan fingerprint density at radius 3 is 2.35 bits per heavy atom. The molecule has 1 N–H and O–H groups in total. The highest BCUT2D eigenvalue weighted by Crippen LogP contribution is 2.20. The van der Waals surface area contributed by atoms with Crippen LogP contribution in [0.4, 0.5) is 14.5 Å². The lowest BCUT2D eigenvalue weighted by Crippen LogP contribution is -2.10. The molecule has 0 unspecified atom stereocenters. The molecule has 0 fully saturated rings. The van der Waals surface area contributed by atoms with Crippen LogP contribution in [0.3, 0.4) is 0 Å².